The van der Waals surface area contributed by atoms with E-state index in [-0.39, 0.29) is 0 Å². The standard InChI is InChI=1S/C8H10BrN/c1-6-4-3-5-8(10-6)7(2)9/h3-5,7H,1-2H3. The quantitative estimate of drug-likeness (QED) is 0.635. The van der Waals surface area contributed by atoms with Crippen LogP contribution in [0.2, 0.25) is 0 Å². The number of hydrogen-bond acceptors (Lipinski definition) is 1. The maximum Gasteiger partial charge on any atom is 0.0540 e. The van der Waals surface area contributed by atoms with E-state index in [0.29, 0.717) is 4.83 Å². The Balaban J connectivity index is 2.96. The Morgan fingerprint density at radius 1 is 1.50 bits per heavy atom. The predicted molar refractivity (Wildman–Crippen MR) is 46.3 cm³/mol. The zero-order valence-corrected chi connectivity index (χ0v) is 7.72. The molecule has 0 radical (unpaired) electrons. The Morgan fingerprint density at radius 2 is 2.20 bits per heavy atom. The van der Waals surface area contributed by atoms with Crippen LogP contribution in [0.1, 0.15) is 23.1 Å². The number of aryl methyl sites for hydroxylation is 1. The van der Waals surface area contributed by atoms with E-state index in [0.717, 1.165) is 11.4 Å². The highest BCUT2D eigenvalue weighted by Crippen LogP contribution is 2.18. The van der Waals surface area contributed by atoms with Gasteiger partial charge in [0.05, 0.1) is 10.5 Å². The molecule has 1 aromatic rings. The van der Waals surface area contributed by atoms with E-state index < -0.39 is 0 Å². The monoisotopic (exact) mass is 199 g/mol. The third-order valence-corrected chi connectivity index (χ3v) is 1.79. The smallest absolute Gasteiger partial charge is 0.0540 e. The van der Waals surface area contributed by atoms with Crippen LogP contribution in [0.15, 0.2) is 18.2 Å². The Hall–Kier alpha value is -0.370. The number of alkyl halides is 1. The zero-order chi connectivity index (χ0) is 7.56. The van der Waals surface area contributed by atoms with Crippen molar-refractivity contribution in [1.82, 2.24) is 4.98 Å². The first-order valence-electron chi connectivity index (χ1n) is 3.28. The highest BCUT2D eigenvalue weighted by molar-refractivity contribution is 9.09. The van der Waals surface area contributed by atoms with Crippen molar-refractivity contribution in [3.63, 3.8) is 0 Å². The van der Waals surface area contributed by atoms with Crippen molar-refractivity contribution < 1.29 is 0 Å². The lowest BCUT2D eigenvalue weighted by atomic mass is 10.3. The van der Waals surface area contributed by atoms with Crippen molar-refractivity contribution >= 4 is 15.9 Å². The van der Waals surface area contributed by atoms with E-state index in [1.807, 2.05) is 25.1 Å². The van der Waals surface area contributed by atoms with Gasteiger partial charge in [-0.15, -0.1) is 0 Å². The molecular weight excluding hydrogens is 190 g/mol. The van der Waals surface area contributed by atoms with E-state index in [1.165, 1.54) is 0 Å². The van der Waals surface area contributed by atoms with E-state index in [4.69, 9.17) is 0 Å². The largest absolute Gasteiger partial charge is 0.257 e. The second-order valence-electron chi connectivity index (χ2n) is 2.32. The Labute approximate surface area is 69.6 Å². The van der Waals surface area contributed by atoms with Gasteiger partial charge < -0.3 is 0 Å². The van der Waals surface area contributed by atoms with Crippen LogP contribution < -0.4 is 0 Å². The maximum atomic E-state index is 4.33. The average molecular weight is 200 g/mol. The third-order valence-electron chi connectivity index (χ3n) is 1.32. The summed E-state index contributed by atoms with van der Waals surface area (Å²) in [5.41, 5.74) is 2.17. The first-order chi connectivity index (χ1) is 4.70. The lowest BCUT2D eigenvalue weighted by Gasteiger charge is -2.01. The van der Waals surface area contributed by atoms with Gasteiger partial charge in [0, 0.05) is 5.69 Å². The molecule has 0 aromatic carbocycles. The van der Waals surface area contributed by atoms with E-state index in [9.17, 15) is 0 Å². The molecule has 0 saturated heterocycles. The topological polar surface area (TPSA) is 12.9 Å². The molecule has 1 rings (SSSR count). The van der Waals surface area contributed by atoms with Crippen LogP contribution in [0, 0.1) is 6.92 Å². The van der Waals surface area contributed by atoms with Crippen molar-refractivity contribution in [3.05, 3.63) is 29.6 Å². The number of halogens is 1. The lowest BCUT2D eigenvalue weighted by Crippen LogP contribution is -1.90. The number of nitrogens with zero attached hydrogens (tertiary/aromatic N) is 1. The van der Waals surface area contributed by atoms with Gasteiger partial charge in [-0.1, -0.05) is 22.0 Å². The molecule has 2 heteroatoms. The van der Waals surface area contributed by atoms with Crippen molar-refractivity contribution in [2.75, 3.05) is 0 Å². The lowest BCUT2D eigenvalue weighted by molar-refractivity contribution is 0.997. The van der Waals surface area contributed by atoms with Crippen LogP contribution in [0.5, 0.6) is 0 Å². The minimum atomic E-state index is 0.354. The molecule has 0 bridgehead atoms. The van der Waals surface area contributed by atoms with Gasteiger partial charge in [0.25, 0.3) is 0 Å². The van der Waals surface area contributed by atoms with Crippen LogP contribution >= 0.6 is 15.9 Å². The fourth-order valence-corrected chi connectivity index (χ4v) is 1.04. The summed E-state index contributed by atoms with van der Waals surface area (Å²) in [6, 6.07) is 6.04. The second kappa shape index (κ2) is 3.15. The molecule has 1 aromatic heterocycles. The molecular formula is C8H10BrN. The van der Waals surface area contributed by atoms with Crippen molar-refractivity contribution in [2.45, 2.75) is 18.7 Å². The second-order valence-corrected chi connectivity index (χ2v) is 3.69. The van der Waals surface area contributed by atoms with Gasteiger partial charge in [-0.05, 0) is 26.0 Å². The summed E-state index contributed by atoms with van der Waals surface area (Å²) in [4.78, 5) is 4.68. The molecule has 1 nitrogen and oxygen atoms in total. The van der Waals surface area contributed by atoms with Gasteiger partial charge >= 0.3 is 0 Å². The SMILES string of the molecule is Cc1cccc(C(C)Br)n1. The molecule has 0 fully saturated rings. The van der Waals surface area contributed by atoms with E-state index in [2.05, 4.69) is 27.8 Å². The number of rotatable bonds is 1. The molecule has 0 saturated carbocycles. The first-order valence-corrected chi connectivity index (χ1v) is 4.19. The fourth-order valence-electron chi connectivity index (χ4n) is 0.786. The molecule has 1 unspecified atom stereocenters. The first kappa shape index (κ1) is 7.73. The average Bonchev–Trinajstić information content (AvgIpc) is 1.88. The highest BCUT2D eigenvalue weighted by Gasteiger charge is 1.99. The molecule has 0 amide bonds. The predicted octanol–water partition coefficient (Wildman–Crippen LogP) is 2.85. The van der Waals surface area contributed by atoms with Crippen LogP contribution in [0.4, 0.5) is 0 Å². The summed E-state index contributed by atoms with van der Waals surface area (Å²) in [6.45, 7) is 4.07. The third kappa shape index (κ3) is 1.81. The van der Waals surface area contributed by atoms with Gasteiger partial charge in [0.2, 0.25) is 0 Å². The van der Waals surface area contributed by atoms with Gasteiger partial charge in [-0.2, -0.15) is 0 Å². The summed E-state index contributed by atoms with van der Waals surface area (Å²) in [6.07, 6.45) is 0. The minimum Gasteiger partial charge on any atom is -0.257 e. The summed E-state index contributed by atoms with van der Waals surface area (Å²) in [5.74, 6) is 0. The number of hydrogen-bond donors (Lipinski definition) is 0. The van der Waals surface area contributed by atoms with Gasteiger partial charge in [0.1, 0.15) is 0 Å². The molecule has 0 N–H and O–H groups in total. The van der Waals surface area contributed by atoms with Crippen LogP contribution in [-0.2, 0) is 0 Å². The highest BCUT2D eigenvalue weighted by atomic mass is 79.9. The summed E-state index contributed by atoms with van der Waals surface area (Å²) in [5, 5.41) is 0. The summed E-state index contributed by atoms with van der Waals surface area (Å²) in [7, 11) is 0. The van der Waals surface area contributed by atoms with Crippen LogP contribution in [0.3, 0.4) is 0 Å². The summed E-state index contributed by atoms with van der Waals surface area (Å²) >= 11 is 3.45. The molecule has 54 valence electrons. The van der Waals surface area contributed by atoms with E-state index in [1.54, 1.807) is 0 Å². The molecule has 0 aliphatic heterocycles. The molecule has 1 atom stereocenters. The Bertz CT molecular complexity index is 220. The van der Waals surface area contributed by atoms with Crippen LogP contribution in [-0.4, -0.2) is 4.98 Å². The fraction of sp³-hybridized carbons (Fsp3) is 0.375. The minimum absolute atomic E-state index is 0.354. The van der Waals surface area contributed by atoms with Crippen molar-refractivity contribution in [1.29, 1.82) is 0 Å². The normalized spacial score (nSPS) is 13.1. The molecule has 1 heterocycles. The Kier molecular flexibility index (Phi) is 2.44. The van der Waals surface area contributed by atoms with Crippen molar-refractivity contribution in [2.24, 2.45) is 0 Å². The van der Waals surface area contributed by atoms with Crippen molar-refractivity contribution in [3.8, 4) is 0 Å². The van der Waals surface area contributed by atoms with Gasteiger partial charge in [0.15, 0.2) is 0 Å². The Morgan fingerprint density at radius 3 is 2.60 bits per heavy atom. The van der Waals surface area contributed by atoms with Gasteiger partial charge in [-0.3, -0.25) is 4.98 Å². The zero-order valence-electron chi connectivity index (χ0n) is 6.13. The molecule has 0 spiro atoms. The van der Waals surface area contributed by atoms with Gasteiger partial charge in [-0.25, -0.2) is 0 Å². The summed E-state index contributed by atoms with van der Waals surface area (Å²) < 4.78 is 0. The molecule has 0 aliphatic rings. The van der Waals surface area contributed by atoms with E-state index >= 15 is 0 Å². The number of aromatic nitrogens is 1. The maximum absolute atomic E-state index is 4.33. The molecule has 0 aliphatic carbocycles. The van der Waals surface area contributed by atoms with Crippen LogP contribution in [0.25, 0.3) is 0 Å². The number of pyridine rings is 1. The molecule has 10 heavy (non-hydrogen) atoms.